The van der Waals surface area contributed by atoms with Crippen LogP contribution in [-0.2, 0) is 24.0 Å². The summed E-state index contributed by atoms with van der Waals surface area (Å²) in [7, 11) is 1.64. The van der Waals surface area contributed by atoms with Crippen LogP contribution in [0.4, 0.5) is 0 Å². The average Bonchev–Trinajstić information content (AvgIpc) is 2.53. The van der Waals surface area contributed by atoms with E-state index in [-0.39, 0.29) is 0 Å². The fraction of sp³-hybridized carbons (Fsp3) is 0.636. The number of ether oxygens (including phenoxy) is 2. The van der Waals surface area contributed by atoms with Gasteiger partial charge in [0.05, 0.1) is 26.0 Å². The van der Waals surface area contributed by atoms with Crippen LogP contribution in [0.5, 0.6) is 5.88 Å². The molecule has 2 heterocycles. The molecule has 0 fully saturated rings. The maximum Gasteiger partial charge on any atom is 0.219 e. The van der Waals surface area contributed by atoms with Gasteiger partial charge in [0.15, 0.2) is 0 Å². The molecule has 0 aliphatic carbocycles. The minimum Gasteiger partial charge on any atom is -0.481 e. The van der Waals surface area contributed by atoms with Crippen LogP contribution in [-0.4, -0.2) is 36.8 Å². The molecule has 16 heavy (non-hydrogen) atoms. The summed E-state index contributed by atoms with van der Waals surface area (Å²) < 4.78 is 10.7. The number of methoxy groups -OCH3 is 1. The van der Waals surface area contributed by atoms with E-state index in [4.69, 9.17) is 15.2 Å². The van der Waals surface area contributed by atoms with Gasteiger partial charge in [-0.1, -0.05) is 0 Å². The van der Waals surface area contributed by atoms with Gasteiger partial charge in [-0.3, -0.25) is 0 Å². The number of nitrogens with two attached hydrogens (primary N) is 1. The fourth-order valence-electron chi connectivity index (χ4n) is 1.87. The molecule has 0 spiro atoms. The van der Waals surface area contributed by atoms with Crippen LogP contribution >= 0.6 is 0 Å². The summed E-state index contributed by atoms with van der Waals surface area (Å²) in [6.45, 7) is 1.98. The van der Waals surface area contributed by atoms with E-state index >= 15 is 0 Å². The second-order valence-electron chi connectivity index (χ2n) is 3.73. The van der Waals surface area contributed by atoms with E-state index in [1.165, 1.54) is 0 Å². The molecule has 0 atom stereocenters. The van der Waals surface area contributed by atoms with Crippen LogP contribution in [0.2, 0.25) is 0 Å². The normalized spacial score (nSPS) is 15.4. The Morgan fingerprint density at radius 2 is 2.12 bits per heavy atom. The van der Waals surface area contributed by atoms with Gasteiger partial charge in [-0.15, -0.1) is 0 Å². The van der Waals surface area contributed by atoms with Crippen LogP contribution in [0.1, 0.15) is 17.1 Å². The Morgan fingerprint density at radius 1 is 1.31 bits per heavy atom. The van der Waals surface area contributed by atoms with Crippen LogP contribution in [0.3, 0.4) is 0 Å². The molecule has 0 saturated carbocycles. The van der Waals surface area contributed by atoms with Gasteiger partial charge in [0.25, 0.3) is 0 Å². The van der Waals surface area contributed by atoms with E-state index < -0.39 is 0 Å². The Kier molecular flexibility index (Phi) is 3.69. The Hall–Kier alpha value is -1.20. The predicted octanol–water partition coefficient (Wildman–Crippen LogP) is 0.102. The highest BCUT2D eigenvalue weighted by atomic mass is 16.5. The zero-order valence-electron chi connectivity index (χ0n) is 9.53. The Balaban J connectivity index is 2.38. The topological polar surface area (TPSA) is 70.3 Å². The van der Waals surface area contributed by atoms with Gasteiger partial charge in [-0.25, -0.2) is 4.98 Å². The number of fused-ring (bicyclic) bond motifs is 1. The zero-order chi connectivity index (χ0) is 11.4. The number of rotatable bonds is 3. The Morgan fingerprint density at radius 3 is 2.88 bits per heavy atom. The standard InChI is InChI=1S/C11H17N3O2/c1-15-11-8-3-6-16-7-4-9(8)13-10(14-11)2-5-12/h2-7,12H2,1H3. The Bertz CT molecular complexity index is 368. The van der Waals surface area contributed by atoms with Crippen molar-refractivity contribution in [1.29, 1.82) is 0 Å². The van der Waals surface area contributed by atoms with Gasteiger partial charge in [-0.2, -0.15) is 4.98 Å². The lowest BCUT2D eigenvalue weighted by Gasteiger charge is -2.11. The molecular weight excluding hydrogens is 206 g/mol. The highest BCUT2D eigenvalue weighted by Gasteiger charge is 2.17. The lowest BCUT2D eigenvalue weighted by Crippen LogP contribution is -2.11. The van der Waals surface area contributed by atoms with E-state index in [2.05, 4.69) is 9.97 Å². The zero-order valence-corrected chi connectivity index (χ0v) is 9.53. The van der Waals surface area contributed by atoms with Gasteiger partial charge >= 0.3 is 0 Å². The lowest BCUT2D eigenvalue weighted by atomic mass is 10.1. The van der Waals surface area contributed by atoms with Crippen molar-refractivity contribution in [2.75, 3.05) is 26.9 Å². The largest absolute Gasteiger partial charge is 0.481 e. The number of hydrogen-bond acceptors (Lipinski definition) is 5. The van der Waals surface area contributed by atoms with Gasteiger partial charge in [0.1, 0.15) is 5.82 Å². The maximum atomic E-state index is 5.51. The summed E-state index contributed by atoms with van der Waals surface area (Å²) in [6.07, 6.45) is 2.33. The minimum atomic E-state index is 0.554. The van der Waals surface area contributed by atoms with Gasteiger partial charge in [0.2, 0.25) is 5.88 Å². The van der Waals surface area contributed by atoms with Crippen molar-refractivity contribution in [3.63, 3.8) is 0 Å². The van der Waals surface area contributed by atoms with Crippen molar-refractivity contribution in [2.45, 2.75) is 19.3 Å². The molecule has 88 valence electrons. The number of nitrogens with zero attached hydrogens (tertiary/aromatic N) is 2. The van der Waals surface area contributed by atoms with Crippen LogP contribution in [0, 0.1) is 0 Å². The SMILES string of the molecule is COc1nc(CCN)nc2c1CCOCC2. The second-order valence-corrected chi connectivity index (χ2v) is 3.73. The summed E-state index contributed by atoms with van der Waals surface area (Å²) in [5.41, 5.74) is 7.65. The molecule has 1 aliphatic rings. The summed E-state index contributed by atoms with van der Waals surface area (Å²) in [5, 5.41) is 0. The van der Waals surface area contributed by atoms with Crippen molar-refractivity contribution >= 4 is 0 Å². The molecule has 2 N–H and O–H groups in total. The summed E-state index contributed by atoms with van der Waals surface area (Å²) in [6, 6.07) is 0. The molecule has 0 saturated heterocycles. The van der Waals surface area contributed by atoms with E-state index in [9.17, 15) is 0 Å². The molecule has 0 bridgehead atoms. The first-order valence-electron chi connectivity index (χ1n) is 5.55. The Labute approximate surface area is 95.0 Å². The summed E-state index contributed by atoms with van der Waals surface area (Å²) in [4.78, 5) is 8.89. The molecule has 1 aromatic heterocycles. The molecule has 0 aromatic carbocycles. The molecule has 2 rings (SSSR count). The van der Waals surface area contributed by atoms with Crippen molar-refractivity contribution in [3.05, 3.63) is 17.1 Å². The van der Waals surface area contributed by atoms with Crippen molar-refractivity contribution in [3.8, 4) is 5.88 Å². The van der Waals surface area contributed by atoms with E-state index in [0.717, 1.165) is 36.5 Å². The van der Waals surface area contributed by atoms with E-state index in [1.54, 1.807) is 7.11 Å². The van der Waals surface area contributed by atoms with Crippen molar-refractivity contribution < 1.29 is 9.47 Å². The minimum absolute atomic E-state index is 0.554. The van der Waals surface area contributed by atoms with Gasteiger partial charge in [0, 0.05) is 24.8 Å². The fourth-order valence-corrected chi connectivity index (χ4v) is 1.87. The molecule has 0 amide bonds. The lowest BCUT2D eigenvalue weighted by molar-refractivity contribution is 0.146. The highest BCUT2D eigenvalue weighted by Crippen LogP contribution is 2.22. The van der Waals surface area contributed by atoms with Crippen LogP contribution < -0.4 is 10.5 Å². The van der Waals surface area contributed by atoms with Gasteiger partial charge < -0.3 is 15.2 Å². The van der Waals surface area contributed by atoms with Crippen molar-refractivity contribution in [1.82, 2.24) is 9.97 Å². The monoisotopic (exact) mass is 223 g/mol. The summed E-state index contributed by atoms with van der Waals surface area (Å²) in [5.74, 6) is 1.44. The molecule has 1 aliphatic heterocycles. The average molecular weight is 223 g/mol. The van der Waals surface area contributed by atoms with Gasteiger partial charge in [-0.05, 0) is 6.54 Å². The van der Waals surface area contributed by atoms with E-state index in [1.807, 2.05) is 0 Å². The number of aromatic nitrogens is 2. The van der Waals surface area contributed by atoms with E-state index in [0.29, 0.717) is 25.5 Å². The molecule has 0 radical (unpaired) electrons. The van der Waals surface area contributed by atoms with Crippen LogP contribution in [0.15, 0.2) is 0 Å². The molecule has 1 aromatic rings. The third kappa shape index (κ3) is 2.31. The van der Waals surface area contributed by atoms with Crippen LogP contribution in [0.25, 0.3) is 0 Å². The molecular formula is C11H17N3O2. The third-order valence-electron chi connectivity index (χ3n) is 2.64. The quantitative estimate of drug-likeness (QED) is 0.787. The molecule has 0 unspecified atom stereocenters. The number of hydrogen-bond donors (Lipinski definition) is 1. The predicted molar refractivity (Wildman–Crippen MR) is 59.6 cm³/mol. The smallest absolute Gasteiger partial charge is 0.219 e. The highest BCUT2D eigenvalue weighted by molar-refractivity contribution is 5.32. The molecule has 5 nitrogen and oxygen atoms in total. The first-order chi connectivity index (χ1) is 7.85. The first-order valence-corrected chi connectivity index (χ1v) is 5.55. The second kappa shape index (κ2) is 5.23. The first kappa shape index (κ1) is 11.3. The molecule has 5 heteroatoms. The van der Waals surface area contributed by atoms with Crippen molar-refractivity contribution in [2.24, 2.45) is 5.73 Å². The maximum absolute atomic E-state index is 5.51. The summed E-state index contributed by atoms with van der Waals surface area (Å²) >= 11 is 0. The third-order valence-corrected chi connectivity index (χ3v) is 2.64.